The summed E-state index contributed by atoms with van der Waals surface area (Å²) in [4.78, 5) is -0.0925. The van der Waals surface area contributed by atoms with Gasteiger partial charge in [0.05, 0.1) is 22.1 Å². The minimum absolute atomic E-state index is 0.0925. The van der Waals surface area contributed by atoms with E-state index in [1.54, 1.807) is 0 Å². The lowest BCUT2D eigenvalue weighted by Gasteiger charge is -2.22. The summed E-state index contributed by atoms with van der Waals surface area (Å²) >= 11 is 2.99. The number of halogens is 2. The standard InChI is InChI=1S/C13H18BrFN2O3S/c14-12-2-1-11(9-13(12)15)21(18,19)17-7-8-20-10-3-5-16-6-4-10/h1-2,9-10,16-17H,3-8H2. The Morgan fingerprint density at radius 3 is 2.76 bits per heavy atom. The molecule has 0 atom stereocenters. The van der Waals surface area contributed by atoms with Crippen molar-refractivity contribution in [3.63, 3.8) is 0 Å². The summed E-state index contributed by atoms with van der Waals surface area (Å²) in [5.74, 6) is -0.608. The van der Waals surface area contributed by atoms with Crippen LogP contribution < -0.4 is 10.0 Å². The van der Waals surface area contributed by atoms with E-state index in [0.29, 0.717) is 6.61 Å². The molecule has 0 unspecified atom stereocenters. The van der Waals surface area contributed by atoms with Gasteiger partial charge in [-0.15, -0.1) is 0 Å². The van der Waals surface area contributed by atoms with Gasteiger partial charge in [-0.1, -0.05) is 0 Å². The monoisotopic (exact) mass is 380 g/mol. The molecule has 118 valence electrons. The number of hydrogen-bond donors (Lipinski definition) is 2. The molecule has 0 aromatic heterocycles. The number of benzene rings is 1. The van der Waals surface area contributed by atoms with Gasteiger partial charge in [0.2, 0.25) is 10.0 Å². The van der Waals surface area contributed by atoms with Gasteiger partial charge in [-0.3, -0.25) is 0 Å². The Balaban J connectivity index is 1.82. The van der Waals surface area contributed by atoms with Gasteiger partial charge in [0.1, 0.15) is 5.82 Å². The normalized spacial score (nSPS) is 17.0. The Morgan fingerprint density at radius 1 is 1.38 bits per heavy atom. The quantitative estimate of drug-likeness (QED) is 0.736. The average Bonchev–Trinajstić information content (AvgIpc) is 2.47. The van der Waals surface area contributed by atoms with Crippen molar-refractivity contribution in [2.24, 2.45) is 0 Å². The molecule has 8 heteroatoms. The summed E-state index contributed by atoms with van der Waals surface area (Å²) in [6.45, 7) is 2.33. The van der Waals surface area contributed by atoms with E-state index in [0.717, 1.165) is 32.0 Å². The molecular weight excluding hydrogens is 363 g/mol. The fourth-order valence-electron chi connectivity index (χ4n) is 2.09. The molecule has 21 heavy (non-hydrogen) atoms. The molecule has 0 bridgehead atoms. The first kappa shape index (κ1) is 16.8. The number of rotatable bonds is 6. The molecule has 1 saturated heterocycles. The fraction of sp³-hybridized carbons (Fsp3) is 0.538. The van der Waals surface area contributed by atoms with Crippen LogP contribution in [0.15, 0.2) is 27.6 Å². The van der Waals surface area contributed by atoms with E-state index in [4.69, 9.17) is 4.74 Å². The number of nitrogens with one attached hydrogen (secondary N) is 2. The second-order valence-corrected chi connectivity index (χ2v) is 7.42. The van der Waals surface area contributed by atoms with E-state index >= 15 is 0 Å². The van der Waals surface area contributed by atoms with Crippen molar-refractivity contribution in [3.05, 3.63) is 28.5 Å². The van der Waals surface area contributed by atoms with Crippen LogP contribution in [-0.2, 0) is 14.8 Å². The molecule has 1 fully saturated rings. The zero-order valence-electron chi connectivity index (χ0n) is 11.4. The molecule has 0 radical (unpaired) electrons. The molecule has 0 aliphatic carbocycles. The first-order valence-corrected chi connectivity index (χ1v) is 9.04. The van der Waals surface area contributed by atoms with Crippen LogP contribution >= 0.6 is 15.9 Å². The van der Waals surface area contributed by atoms with E-state index in [1.165, 1.54) is 12.1 Å². The second-order valence-electron chi connectivity index (χ2n) is 4.79. The molecule has 0 spiro atoms. The van der Waals surface area contributed by atoms with Crippen molar-refractivity contribution >= 4 is 26.0 Å². The van der Waals surface area contributed by atoms with E-state index in [2.05, 4.69) is 26.0 Å². The molecule has 5 nitrogen and oxygen atoms in total. The minimum Gasteiger partial charge on any atom is -0.377 e. The van der Waals surface area contributed by atoms with E-state index in [-0.39, 0.29) is 22.0 Å². The smallest absolute Gasteiger partial charge is 0.240 e. The maximum Gasteiger partial charge on any atom is 0.240 e. The molecule has 1 aromatic rings. The van der Waals surface area contributed by atoms with E-state index < -0.39 is 15.8 Å². The Kier molecular flexibility index (Phi) is 6.12. The van der Waals surface area contributed by atoms with Crippen molar-refractivity contribution in [1.29, 1.82) is 0 Å². The van der Waals surface area contributed by atoms with Crippen LogP contribution in [-0.4, -0.2) is 40.8 Å². The predicted molar refractivity (Wildman–Crippen MR) is 81.1 cm³/mol. The van der Waals surface area contributed by atoms with E-state index in [1.807, 2.05) is 0 Å². The largest absolute Gasteiger partial charge is 0.377 e. The summed E-state index contributed by atoms with van der Waals surface area (Å²) in [7, 11) is -3.71. The van der Waals surface area contributed by atoms with Gasteiger partial charge in [-0.25, -0.2) is 17.5 Å². The first-order chi connectivity index (χ1) is 9.99. The van der Waals surface area contributed by atoms with Crippen LogP contribution in [0.25, 0.3) is 0 Å². The highest BCUT2D eigenvalue weighted by molar-refractivity contribution is 9.10. The topological polar surface area (TPSA) is 67.4 Å². The zero-order valence-corrected chi connectivity index (χ0v) is 13.8. The SMILES string of the molecule is O=S(=O)(NCCOC1CCNCC1)c1ccc(Br)c(F)c1. The molecule has 2 N–H and O–H groups in total. The number of piperidine rings is 1. The van der Waals surface area contributed by atoms with Gasteiger partial charge in [0.15, 0.2) is 0 Å². The number of ether oxygens (including phenoxy) is 1. The van der Waals surface area contributed by atoms with Gasteiger partial charge in [0, 0.05) is 6.54 Å². The predicted octanol–water partition coefficient (Wildman–Crippen LogP) is 1.64. The van der Waals surface area contributed by atoms with Crippen molar-refractivity contribution < 1.29 is 17.5 Å². The Hall–Kier alpha value is -0.540. The van der Waals surface area contributed by atoms with Crippen molar-refractivity contribution in [1.82, 2.24) is 10.0 Å². The molecule has 0 amide bonds. The third-order valence-electron chi connectivity index (χ3n) is 3.24. The van der Waals surface area contributed by atoms with Crippen LogP contribution in [0.1, 0.15) is 12.8 Å². The molecular formula is C13H18BrFN2O3S. The second kappa shape index (κ2) is 7.64. The van der Waals surface area contributed by atoms with Crippen LogP contribution in [0.4, 0.5) is 4.39 Å². The molecule has 2 rings (SSSR count). The van der Waals surface area contributed by atoms with Crippen LogP contribution in [0.5, 0.6) is 0 Å². The molecule has 1 aliphatic rings. The summed E-state index contributed by atoms with van der Waals surface area (Å²) in [6.07, 6.45) is 2.05. The summed E-state index contributed by atoms with van der Waals surface area (Å²) in [5.41, 5.74) is 0. The minimum atomic E-state index is -3.71. The lowest BCUT2D eigenvalue weighted by Crippen LogP contribution is -2.34. The summed E-state index contributed by atoms with van der Waals surface area (Å²) in [6, 6.07) is 3.71. The first-order valence-electron chi connectivity index (χ1n) is 6.76. The fourth-order valence-corrected chi connectivity index (χ4v) is 3.36. The van der Waals surface area contributed by atoms with Gasteiger partial charge in [-0.05, 0) is 60.1 Å². The average molecular weight is 381 g/mol. The third-order valence-corrected chi connectivity index (χ3v) is 5.34. The van der Waals surface area contributed by atoms with Gasteiger partial charge >= 0.3 is 0 Å². The third kappa shape index (κ3) is 5.00. The summed E-state index contributed by atoms with van der Waals surface area (Å²) in [5, 5.41) is 3.23. The molecule has 0 saturated carbocycles. The molecule has 1 aliphatic heterocycles. The number of hydrogen-bond acceptors (Lipinski definition) is 4. The lowest BCUT2D eigenvalue weighted by atomic mass is 10.1. The maximum absolute atomic E-state index is 13.4. The zero-order chi connectivity index (χ0) is 15.3. The van der Waals surface area contributed by atoms with Crippen molar-refractivity contribution in [3.8, 4) is 0 Å². The Labute approximate surface area is 132 Å². The molecule has 1 heterocycles. The lowest BCUT2D eigenvalue weighted by molar-refractivity contribution is 0.0367. The van der Waals surface area contributed by atoms with Gasteiger partial charge < -0.3 is 10.1 Å². The van der Waals surface area contributed by atoms with Crippen molar-refractivity contribution in [2.75, 3.05) is 26.2 Å². The highest BCUT2D eigenvalue weighted by Crippen LogP contribution is 2.19. The number of sulfonamides is 1. The Bertz CT molecular complexity index is 577. The maximum atomic E-state index is 13.4. The van der Waals surface area contributed by atoms with Crippen LogP contribution in [0.2, 0.25) is 0 Å². The van der Waals surface area contributed by atoms with Crippen LogP contribution in [0.3, 0.4) is 0 Å². The van der Waals surface area contributed by atoms with Gasteiger partial charge in [0.25, 0.3) is 0 Å². The molecule has 1 aromatic carbocycles. The van der Waals surface area contributed by atoms with Crippen LogP contribution in [0, 0.1) is 5.82 Å². The van der Waals surface area contributed by atoms with Gasteiger partial charge in [-0.2, -0.15) is 0 Å². The summed E-state index contributed by atoms with van der Waals surface area (Å²) < 4.78 is 45.6. The highest BCUT2D eigenvalue weighted by atomic mass is 79.9. The van der Waals surface area contributed by atoms with E-state index in [9.17, 15) is 12.8 Å². The van der Waals surface area contributed by atoms with Crippen molar-refractivity contribution in [2.45, 2.75) is 23.8 Å². The highest BCUT2D eigenvalue weighted by Gasteiger charge is 2.16. The Morgan fingerprint density at radius 2 is 2.10 bits per heavy atom.